The first kappa shape index (κ1) is 16.2. The van der Waals surface area contributed by atoms with E-state index in [-0.39, 0.29) is 12.0 Å². The topological polar surface area (TPSA) is 43.1 Å². The second-order valence-corrected chi connectivity index (χ2v) is 6.63. The van der Waals surface area contributed by atoms with E-state index in [4.69, 9.17) is 5.73 Å². The van der Waals surface area contributed by atoms with Crippen LogP contribution < -0.4 is 5.73 Å². The Kier molecular flexibility index (Phi) is 5.98. The van der Waals surface area contributed by atoms with Crippen LogP contribution in [0.25, 0.3) is 0 Å². The molecule has 0 unspecified atom stereocenters. The largest absolute Gasteiger partial charge is 0.321 e. The summed E-state index contributed by atoms with van der Waals surface area (Å²) in [7, 11) is 0. The van der Waals surface area contributed by atoms with Gasteiger partial charge in [0.05, 0.1) is 6.04 Å². The lowest BCUT2D eigenvalue weighted by molar-refractivity contribution is -0.124. The molecule has 1 saturated carbocycles. The number of carbonyl (C=O) groups is 1. The number of nitrogens with two attached hydrogens (primary N) is 1. The van der Waals surface area contributed by atoms with E-state index in [2.05, 4.69) is 32.0 Å². The van der Waals surface area contributed by atoms with Gasteiger partial charge in [0.2, 0.25) is 0 Å². The van der Waals surface area contributed by atoms with Crippen LogP contribution in [0.1, 0.15) is 61.6 Å². The van der Waals surface area contributed by atoms with Crippen molar-refractivity contribution in [2.45, 2.75) is 71.3 Å². The minimum absolute atomic E-state index is 0.199. The first-order chi connectivity index (χ1) is 10.1. The van der Waals surface area contributed by atoms with Crippen molar-refractivity contribution in [2.75, 3.05) is 0 Å². The van der Waals surface area contributed by atoms with E-state index >= 15 is 0 Å². The molecular formula is C19H29NO. The van der Waals surface area contributed by atoms with E-state index in [0.717, 1.165) is 12.8 Å². The number of ketones is 1. The molecule has 1 aliphatic carbocycles. The maximum absolute atomic E-state index is 12.7. The monoisotopic (exact) mass is 287 g/mol. The molecule has 0 aliphatic heterocycles. The Balaban J connectivity index is 2.01. The average Bonchev–Trinajstić information content (AvgIpc) is 2.42. The van der Waals surface area contributed by atoms with Crippen molar-refractivity contribution in [3.63, 3.8) is 0 Å². The molecule has 2 N–H and O–H groups in total. The predicted molar refractivity (Wildman–Crippen MR) is 88.4 cm³/mol. The number of hydrogen-bond donors (Lipinski definition) is 1. The van der Waals surface area contributed by atoms with Gasteiger partial charge in [-0.1, -0.05) is 50.3 Å². The van der Waals surface area contributed by atoms with Gasteiger partial charge in [-0.3, -0.25) is 4.79 Å². The normalized spacial score (nSPS) is 18.8. The highest BCUT2D eigenvalue weighted by molar-refractivity contribution is 5.86. The summed E-state index contributed by atoms with van der Waals surface area (Å²) >= 11 is 0. The van der Waals surface area contributed by atoms with Gasteiger partial charge in [-0.25, -0.2) is 0 Å². The summed E-state index contributed by atoms with van der Waals surface area (Å²) in [6.07, 6.45) is 9.02. The molecule has 0 aromatic heterocycles. The third-order valence-corrected chi connectivity index (χ3v) is 4.94. The maximum Gasteiger partial charge on any atom is 0.152 e. The average molecular weight is 287 g/mol. The second kappa shape index (κ2) is 7.74. The number of benzene rings is 1. The Bertz CT molecular complexity index is 452. The van der Waals surface area contributed by atoms with Gasteiger partial charge < -0.3 is 5.73 Å². The van der Waals surface area contributed by atoms with Gasteiger partial charge in [0.1, 0.15) is 0 Å². The van der Waals surface area contributed by atoms with Gasteiger partial charge in [0.25, 0.3) is 0 Å². The molecule has 1 atom stereocenters. The number of aryl methyl sites for hydroxylation is 2. The van der Waals surface area contributed by atoms with Crippen molar-refractivity contribution in [2.24, 2.45) is 11.7 Å². The minimum Gasteiger partial charge on any atom is -0.321 e. The number of rotatable bonds is 4. The molecule has 116 valence electrons. The van der Waals surface area contributed by atoms with Crippen LogP contribution in [-0.4, -0.2) is 11.8 Å². The molecule has 1 fully saturated rings. The smallest absolute Gasteiger partial charge is 0.152 e. The maximum atomic E-state index is 12.7. The summed E-state index contributed by atoms with van der Waals surface area (Å²) in [4.78, 5) is 12.7. The van der Waals surface area contributed by atoms with Crippen molar-refractivity contribution in [1.29, 1.82) is 0 Å². The van der Waals surface area contributed by atoms with Crippen LogP contribution in [0, 0.1) is 19.8 Å². The third-order valence-electron chi connectivity index (χ3n) is 4.94. The van der Waals surface area contributed by atoms with Crippen molar-refractivity contribution in [3.8, 4) is 0 Å². The molecule has 2 heteroatoms. The van der Waals surface area contributed by atoms with Gasteiger partial charge in [-0.2, -0.15) is 0 Å². The van der Waals surface area contributed by atoms with Crippen LogP contribution in [0.5, 0.6) is 0 Å². The Morgan fingerprint density at radius 1 is 1.10 bits per heavy atom. The highest BCUT2D eigenvalue weighted by atomic mass is 16.1. The van der Waals surface area contributed by atoms with E-state index in [9.17, 15) is 4.79 Å². The number of carbonyl (C=O) groups excluding carboxylic acids is 1. The summed E-state index contributed by atoms with van der Waals surface area (Å²) in [6.45, 7) is 4.21. The van der Waals surface area contributed by atoms with Crippen molar-refractivity contribution in [1.82, 2.24) is 0 Å². The zero-order chi connectivity index (χ0) is 15.2. The van der Waals surface area contributed by atoms with Gasteiger partial charge in [-0.05, 0) is 49.8 Å². The van der Waals surface area contributed by atoms with Crippen molar-refractivity contribution < 1.29 is 4.79 Å². The van der Waals surface area contributed by atoms with E-state index in [1.165, 1.54) is 48.8 Å². The van der Waals surface area contributed by atoms with Crippen molar-refractivity contribution >= 4 is 5.78 Å². The molecule has 0 saturated heterocycles. The molecule has 21 heavy (non-hydrogen) atoms. The second-order valence-electron chi connectivity index (χ2n) is 6.63. The molecule has 0 radical (unpaired) electrons. The minimum atomic E-state index is -0.339. The van der Waals surface area contributed by atoms with Crippen LogP contribution in [0.3, 0.4) is 0 Å². The fraction of sp³-hybridized carbons (Fsp3) is 0.632. The Morgan fingerprint density at radius 2 is 1.62 bits per heavy atom. The summed E-state index contributed by atoms with van der Waals surface area (Å²) in [5.41, 5.74) is 10.0. The molecule has 0 amide bonds. The standard InChI is InChI=1S/C19H29NO/c1-14-9-8-10-15(2)17(14)13-18(20)19(21)16-11-6-4-3-5-7-12-16/h8-10,16,18H,3-7,11-13,20H2,1-2H3/t18-/m0/s1. The SMILES string of the molecule is Cc1cccc(C)c1C[C@H](N)C(=O)C1CCCCCCC1. The van der Waals surface area contributed by atoms with Gasteiger partial charge in [-0.15, -0.1) is 0 Å². The summed E-state index contributed by atoms with van der Waals surface area (Å²) in [6, 6.07) is 5.94. The zero-order valence-corrected chi connectivity index (χ0v) is 13.5. The lowest BCUT2D eigenvalue weighted by Gasteiger charge is -2.22. The molecule has 0 spiro atoms. The summed E-state index contributed by atoms with van der Waals surface area (Å²) in [5.74, 6) is 0.490. The van der Waals surface area contributed by atoms with Crippen LogP contribution in [0.15, 0.2) is 18.2 Å². The Morgan fingerprint density at radius 3 is 2.19 bits per heavy atom. The predicted octanol–water partition coefficient (Wildman–Crippen LogP) is 4.10. The first-order valence-electron chi connectivity index (χ1n) is 8.44. The molecule has 0 bridgehead atoms. The van der Waals surface area contributed by atoms with E-state index in [1.54, 1.807) is 0 Å². The van der Waals surface area contributed by atoms with E-state index in [1.807, 2.05) is 0 Å². The van der Waals surface area contributed by atoms with Gasteiger partial charge >= 0.3 is 0 Å². The summed E-state index contributed by atoms with van der Waals surface area (Å²) < 4.78 is 0. The third kappa shape index (κ3) is 4.41. The van der Waals surface area contributed by atoms with Crippen LogP contribution in [0.2, 0.25) is 0 Å². The fourth-order valence-electron chi connectivity index (χ4n) is 3.53. The van der Waals surface area contributed by atoms with Crippen LogP contribution in [0.4, 0.5) is 0 Å². The lowest BCUT2D eigenvalue weighted by Crippen LogP contribution is -2.38. The molecule has 1 aromatic carbocycles. The molecule has 0 heterocycles. The summed E-state index contributed by atoms with van der Waals surface area (Å²) in [5, 5.41) is 0. The highest BCUT2D eigenvalue weighted by Crippen LogP contribution is 2.25. The molecular weight excluding hydrogens is 258 g/mol. The highest BCUT2D eigenvalue weighted by Gasteiger charge is 2.25. The molecule has 2 nitrogen and oxygen atoms in total. The van der Waals surface area contributed by atoms with Gasteiger partial charge in [0, 0.05) is 5.92 Å². The van der Waals surface area contributed by atoms with Crippen molar-refractivity contribution in [3.05, 3.63) is 34.9 Å². The Hall–Kier alpha value is -1.15. The Labute approximate surface area is 129 Å². The van der Waals surface area contributed by atoms with Crippen LogP contribution >= 0.6 is 0 Å². The fourth-order valence-corrected chi connectivity index (χ4v) is 3.53. The van der Waals surface area contributed by atoms with E-state index in [0.29, 0.717) is 12.2 Å². The molecule has 2 rings (SSSR count). The van der Waals surface area contributed by atoms with Gasteiger partial charge in [0.15, 0.2) is 5.78 Å². The van der Waals surface area contributed by atoms with Crippen LogP contribution in [-0.2, 0) is 11.2 Å². The quantitative estimate of drug-likeness (QED) is 0.906. The zero-order valence-electron chi connectivity index (χ0n) is 13.5. The first-order valence-corrected chi connectivity index (χ1v) is 8.44. The molecule has 1 aliphatic rings. The molecule has 1 aromatic rings. The lowest BCUT2D eigenvalue weighted by atomic mass is 9.83. The van der Waals surface area contributed by atoms with E-state index < -0.39 is 0 Å². The number of Topliss-reactive ketones (excluding diaryl/α,β-unsaturated/α-hetero) is 1. The number of hydrogen-bond acceptors (Lipinski definition) is 2.